The highest BCUT2D eigenvalue weighted by molar-refractivity contribution is 6.29. The Kier molecular flexibility index (Phi) is 6.61. The fourth-order valence-electron chi connectivity index (χ4n) is 2.65. The molecule has 0 bridgehead atoms. The summed E-state index contributed by atoms with van der Waals surface area (Å²) in [6.45, 7) is 7.58. The van der Waals surface area contributed by atoms with Crippen LogP contribution in [0.1, 0.15) is 35.4 Å². The van der Waals surface area contributed by atoms with Gasteiger partial charge in [-0.3, -0.25) is 4.99 Å². The number of aryl methyl sites for hydroxylation is 2. The van der Waals surface area contributed by atoms with Crippen molar-refractivity contribution >= 4 is 17.6 Å². The maximum absolute atomic E-state index is 5.79. The lowest BCUT2D eigenvalue weighted by Gasteiger charge is -2.16. The third kappa shape index (κ3) is 4.96. The van der Waals surface area contributed by atoms with E-state index in [1.807, 2.05) is 19.9 Å². The first kappa shape index (κ1) is 18.3. The molecule has 2 rings (SSSR count). The van der Waals surface area contributed by atoms with Crippen molar-refractivity contribution in [2.45, 2.75) is 33.1 Å². The molecule has 0 saturated carbocycles. The molecule has 0 aliphatic rings. The summed E-state index contributed by atoms with van der Waals surface area (Å²) in [5.74, 6) is 1.94. The number of hydrogen-bond donors (Lipinski definition) is 2. The van der Waals surface area contributed by atoms with E-state index >= 15 is 0 Å². The number of hydrogen-bond acceptors (Lipinski definition) is 4. The largest absolute Gasteiger partial charge is 0.361 e. The average Bonchev–Trinajstić information content (AvgIpc) is 2.91. The molecule has 1 unspecified atom stereocenters. The molecule has 0 aliphatic heterocycles. The van der Waals surface area contributed by atoms with Crippen LogP contribution >= 0.6 is 11.6 Å². The van der Waals surface area contributed by atoms with E-state index in [1.54, 1.807) is 19.3 Å². The van der Waals surface area contributed by atoms with Gasteiger partial charge in [0.25, 0.3) is 0 Å². The number of pyridine rings is 1. The number of nitrogens with zero attached hydrogens (tertiary/aromatic N) is 3. The second-order valence-corrected chi connectivity index (χ2v) is 6.15. The number of rotatable bonds is 6. The van der Waals surface area contributed by atoms with Gasteiger partial charge in [-0.25, -0.2) is 4.98 Å². The summed E-state index contributed by atoms with van der Waals surface area (Å²) in [6.07, 6.45) is 2.64. The summed E-state index contributed by atoms with van der Waals surface area (Å²) < 4.78 is 5.23. The van der Waals surface area contributed by atoms with Crippen LogP contribution in [0.3, 0.4) is 0 Å². The van der Waals surface area contributed by atoms with Crippen LogP contribution in [0.15, 0.2) is 27.8 Å². The molecule has 130 valence electrons. The minimum atomic E-state index is 0.287. The monoisotopic (exact) mass is 349 g/mol. The number of halogens is 1. The van der Waals surface area contributed by atoms with Crippen molar-refractivity contribution in [3.63, 3.8) is 0 Å². The molecule has 0 amide bonds. The molecule has 2 heterocycles. The summed E-state index contributed by atoms with van der Waals surface area (Å²) >= 11 is 5.79. The van der Waals surface area contributed by atoms with Gasteiger partial charge in [-0.05, 0) is 31.9 Å². The van der Waals surface area contributed by atoms with Crippen molar-refractivity contribution in [1.29, 1.82) is 0 Å². The molecule has 2 aromatic rings. The Morgan fingerprint density at radius 1 is 1.33 bits per heavy atom. The van der Waals surface area contributed by atoms with Crippen molar-refractivity contribution in [3.05, 3.63) is 46.1 Å². The molecule has 0 aromatic carbocycles. The van der Waals surface area contributed by atoms with Crippen LogP contribution in [0.5, 0.6) is 0 Å². The quantitative estimate of drug-likeness (QED) is 0.476. The highest BCUT2D eigenvalue weighted by Crippen LogP contribution is 2.22. The number of guanidine groups is 1. The van der Waals surface area contributed by atoms with Crippen LogP contribution in [-0.2, 0) is 6.42 Å². The van der Waals surface area contributed by atoms with Crippen molar-refractivity contribution in [2.75, 3.05) is 20.1 Å². The average molecular weight is 350 g/mol. The topological polar surface area (TPSA) is 75.3 Å². The van der Waals surface area contributed by atoms with Crippen LogP contribution < -0.4 is 10.6 Å². The maximum Gasteiger partial charge on any atom is 0.191 e. The summed E-state index contributed by atoms with van der Waals surface area (Å²) in [7, 11) is 1.76. The van der Waals surface area contributed by atoms with E-state index in [2.05, 4.69) is 32.7 Å². The maximum atomic E-state index is 5.79. The summed E-state index contributed by atoms with van der Waals surface area (Å²) in [5.41, 5.74) is 3.23. The highest BCUT2D eigenvalue weighted by atomic mass is 35.5. The van der Waals surface area contributed by atoms with Gasteiger partial charge in [0, 0.05) is 37.8 Å². The van der Waals surface area contributed by atoms with Crippen molar-refractivity contribution in [1.82, 2.24) is 20.8 Å². The summed E-state index contributed by atoms with van der Waals surface area (Å²) in [6, 6.07) is 3.78. The van der Waals surface area contributed by atoms with Gasteiger partial charge in [0.2, 0.25) is 0 Å². The number of aliphatic imine (C=N–C) groups is 1. The molecular weight excluding hydrogens is 326 g/mol. The Balaban J connectivity index is 1.79. The number of nitrogens with one attached hydrogen (secondary N) is 2. The van der Waals surface area contributed by atoms with Crippen LogP contribution in [0.2, 0.25) is 5.15 Å². The van der Waals surface area contributed by atoms with E-state index in [9.17, 15) is 0 Å². The van der Waals surface area contributed by atoms with Gasteiger partial charge in [-0.2, -0.15) is 0 Å². The van der Waals surface area contributed by atoms with Gasteiger partial charge in [0.15, 0.2) is 5.96 Å². The molecule has 0 fully saturated rings. The first-order valence-corrected chi connectivity index (χ1v) is 8.36. The van der Waals surface area contributed by atoms with E-state index in [4.69, 9.17) is 16.1 Å². The molecule has 1 atom stereocenters. The van der Waals surface area contributed by atoms with Gasteiger partial charge in [0.1, 0.15) is 10.9 Å². The van der Waals surface area contributed by atoms with Crippen molar-refractivity contribution in [3.8, 4) is 0 Å². The van der Waals surface area contributed by atoms with Crippen molar-refractivity contribution in [2.24, 2.45) is 4.99 Å². The lowest BCUT2D eigenvalue weighted by molar-refractivity contribution is 0.391. The minimum Gasteiger partial charge on any atom is -0.361 e. The Morgan fingerprint density at radius 3 is 2.71 bits per heavy atom. The predicted molar refractivity (Wildman–Crippen MR) is 96.7 cm³/mol. The lowest BCUT2D eigenvalue weighted by atomic mass is 10.00. The fourth-order valence-corrected chi connectivity index (χ4v) is 2.76. The van der Waals surface area contributed by atoms with E-state index in [0.29, 0.717) is 5.15 Å². The molecule has 2 aromatic heterocycles. The minimum absolute atomic E-state index is 0.287. The van der Waals surface area contributed by atoms with Gasteiger partial charge in [-0.1, -0.05) is 29.7 Å². The molecule has 0 radical (unpaired) electrons. The zero-order chi connectivity index (χ0) is 17.5. The van der Waals surface area contributed by atoms with Gasteiger partial charge >= 0.3 is 0 Å². The fraction of sp³-hybridized carbons (Fsp3) is 0.471. The van der Waals surface area contributed by atoms with Crippen LogP contribution in [0, 0.1) is 13.8 Å². The molecule has 0 aliphatic carbocycles. The van der Waals surface area contributed by atoms with E-state index in [1.165, 1.54) is 0 Å². The van der Waals surface area contributed by atoms with Crippen LogP contribution in [0.25, 0.3) is 0 Å². The van der Waals surface area contributed by atoms with Crippen LogP contribution in [0.4, 0.5) is 0 Å². The Labute approximate surface area is 147 Å². The summed E-state index contributed by atoms with van der Waals surface area (Å²) in [4.78, 5) is 8.33. The first-order chi connectivity index (χ1) is 11.5. The van der Waals surface area contributed by atoms with Crippen LogP contribution in [-0.4, -0.2) is 36.2 Å². The Hall–Kier alpha value is -2.08. The Morgan fingerprint density at radius 2 is 2.12 bits per heavy atom. The lowest BCUT2D eigenvalue weighted by Crippen LogP contribution is -2.40. The number of aromatic nitrogens is 2. The van der Waals surface area contributed by atoms with Gasteiger partial charge < -0.3 is 15.2 Å². The zero-order valence-electron chi connectivity index (χ0n) is 14.6. The SMILES string of the molecule is CN=C(NCCc1ccc(Cl)nc1)NCC(C)c1c(C)noc1C. The second kappa shape index (κ2) is 8.68. The van der Waals surface area contributed by atoms with E-state index < -0.39 is 0 Å². The molecule has 2 N–H and O–H groups in total. The molecule has 24 heavy (non-hydrogen) atoms. The Bertz CT molecular complexity index is 661. The third-order valence-corrected chi connectivity index (χ3v) is 4.10. The van der Waals surface area contributed by atoms with E-state index in [0.717, 1.165) is 48.1 Å². The van der Waals surface area contributed by atoms with Crippen molar-refractivity contribution < 1.29 is 4.52 Å². The zero-order valence-corrected chi connectivity index (χ0v) is 15.3. The molecular formula is C17H24ClN5O. The molecule has 6 nitrogen and oxygen atoms in total. The predicted octanol–water partition coefficient (Wildman–Crippen LogP) is 2.85. The highest BCUT2D eigenvalue weighted by Gasteiger charge is 2.16. The van der Waals surface area contributed by atoms with Gasteiger partial charge in [0.05, 0.1) is 5.69 Å². The second-order valence-electron chi connectivity index (χ2n) is 5.76. The third-order valence-electron chi connectivity index (χ3n) is 3.88. The normalized spacial score (nSPS) is 13.0. The smallest absolute Gasteiger partial charge is 0.191 e. The molecule has 0 spiro atoms. The summed E-state index contributed by atoms with van der Waals surface area (Å²) in [5, 5.41) is 11.2. The van der Waals surface area contributed by atoms with Gasteiger partial charge in [-0.15, -0.1) is 0 Å². The molecule has 0 saturated heterocycles. The standard InChI is InChI=1S/C17H24ClN5O/c1-11(16-12(2)23-24-13(16)3)9-22-17(19-4)20-8-7-14-5-6-15(18)21-10-14/h5-6,10-11H,7-9H2,1-4H3,(H2,19,20,22). The first-order valence-electron chi connectivity index (χ1n) is 7.99. The van der Waals surface area contributed by atoms with E-state index in [-0.39, 0.29) is 5.92 Å². The molecule has 7 heteroatoms.